The molecule has 3 atom stereocenters. The van der Waals surface area contributed by atoms with Crippen LogP contribution in [-0.4, -0.2) is 48.6 Å². The maximum atomic E-state index is 14.2. The molecule has 0 spiro atoms. The van der Waals surface area contributed by atoms with Crippen molar-refractivity contribution < 1.29 is 4.39 Å². The van der Waals surface area contributed by atoms with E-state index >= 15 is 0 Å². The lowest BCUT2D eigenvalue weighted by Crippen LogP contribution is -2.41. The first-order valence-electron chi connectivity index (χ1n) is 7.71. The summed E-state index contributed by atoms with van der Waals surface area (Å²) in [5.74, 6) is -0.249. The van der Waals surface area contributed by atoms with E-state index in [1.54, 1.807) is 12.1 Å². The second-order valence-corrected chi connectivity index (χ2v) is 6.69. The average molecular weight is 312 g/mol. The number of nitrogens with two attached hydrogens (primary N) is 1. The van der Waals surface area contributed by atoms with Gasteiger partial charge in [0.15, 0.2) is 0 Å². The molecule has 0 aliphatic carbocycles. The molecule has 1 aromatic carbocycles. The van der Waals surface area contributed by atoms with Crippen molar-refractivity contribution in [3.05, 3.63) is 34.6 Å². The molecule has 116 valence electrons. The van der Waals surface area contributed by atoms with Gasteiger partial charge < -0.3 is 5.73 Å². The van der Waals surface area contributed by atoms with E-state index in [4.69, 9.17) is 17.3 Å². The van der Waals surface area contributed by atoms with Crippen LogP contribution in [0.1, 0.15) is 30.9 Å². The largest absolute Gasteiger partial charge is 0.329 e. The van der Waals surface area contributed by atoms with Gasteiger partial charge in [-0.1, -0.05) is 17.7 Å². The van der Waals surface area contributed by atoms with Crippen molar-refractivity contribution >= 4 is 11.6 Å². The van der Waals surface area contributed by atoms with E-state index in [0.717, 1.165) is 19.5 Å². The highest BCUT2D eigenvalue weighted by Gasteiger charge is 2.36. The summed E-state index contributed by atoms with van der Waals surface area (Å²) in [6.07, 6.45) is 3.66. The molecule has 2 fully saturated rings. The lowest BCUT2D eigenvalue weighted by atomic mass is 10.0. The monoisotopic (exact) mass is 311 g/mol. The number of benzene rings is 1. The standard InChI is InChI=1S/C16H23ClFN3/c1-20-12-3-4-13(20)10-21(7-6-12)16(9-19)14-5-2-11(17)8-15(14)18/h2,5,8,12-13,16H,3-4,6-7,9-10,19H2,1H3. The molecule has 21 heavy (non-hydrogen) atoms. The number of likely N-dealkylation sites (tertiary alicyclic amines) is 1. The molecule has 1 aromatic rings. The summed E-state index contributed by atoms with van der Waals surface area (Å²) in [5, 5.41) is 0.432. The molecule has 0 aromatic heterocycles. The maximum absolute atomic E-state index is 14.2. The molecular formula is C16H23ClFN3. The Morgan fingerprint density at radius 2 is 2.10 bits per heavy atom. The molecule has 2 N–H and O–H groups in total. The van der Waals surface area contributed by atoms with Crippen molar-refractivity contribution in [2.45, 2.75) is 37.4 Å². The minimum Gasteiger partial charge on any atom is -0.329 e. The van der Waals surface area contributed by atoms with Gasteiger partial charge in [0.05, 0.1) is 0 Å². The van der Waals surface area contributed by atoms with Gasteiger partial charge in [-0.3, -0.25) is 9.80 Å². The molecule has 0 amide bonds. The first kappa shape index (κ1) is 15.2. The highest BCUT2D eigenvalue weighted by Crippen LogP contribution is 2.33. The van der Waals surface area contributed by atoms with E-state index < -0.39 is 0 Å². The second-order valence-electron chi connectivity index (χ2n) is 6.25. The third kappa shape index (κ3) is 2.95. The Morgan fingerprint density at radius 3 is 2.81 bits per heavy atom. The summed E-state index contributed by atoms with van der Waals surface area (Å²) in [6, 6.07) is 6.10. The number of halogens is 2. The van der Waals surface area contributed by atoms with E-state index in [1.807, 2.05) is 0 Å². The topological polar surface area (TPSA) is 32.5 Å². The molecule has 3 unspecified atom stereocenters. The molecule has 2 aliphatic rings. The quantitative estimate of drug-likeness (QED) is 0.931. The molecule has 5 heteroatoms. The van der Waals surface area contributed by atoms with Crippen LogP contribution in [0.4, 0.5) is 4.39 Å². The van der Waals surface area contributed by atoms with Crippen molar-refractivity contribution in [1.82, 2.24) is 9.80 Å². The van der Waals surface area contributed by atoms with Gasteiger partial charge in [-0.25, -0.2) is 4.39 Å². The Kier molecular flexibility index (Phi) is 4.50. The second kappa shape index (κ2) is 6.21. The molecule has 3 rings (SSSR count). The van der Waals surface area contributed by atoms with E-state index in [2.05, 4.69) is 16.8 Å². The summed E-state index contributed by atoms with van der Waals surface area (Å²) in [5.41, 5.74) is 6.64. The number of rotatable bonds is 3. The third-order valence-corrected chi connectivity index (χ3v) is 5.40. The van der Waals surface area contributed by atoms with E-state index in [0.29, 0.717) is 29.2 Å². The first-order valence-corrected chi connectivity index (χ1v) is 8.09. The summed E-state index contributed by atoms with van der Waals surface area (Å²) < 4.78 is 14.2. The number of fused-ring (bicyclic) bond motifs is 2. The highest BCUT2D eigenvalue weighted by atomic mass is 35.5. The van der Waals surface area contributed by atoms with Crippen molar-refractivity contribution in [1.29, 1.82) is 0 Å². The maximum Gasteiger partial charge on any atom is 0.129 e. The summed E-state index contributed by atoms with van der Waals surface area (Å²) in [7, 11) is 2.21. The zero-order valence-corrected chi connectivity index (χ0v) is 13.2. The lowest BCUT2D eigenvalue weighted by Gasteiger charge is -2.33. The Hall–Kier alpha value is -0.680. The van der Waals surface area contributed by atoms with Gasteiger partial charge in [0, 0.05) is 48.3 Å². The van der Waals surface area contributed by atoms with E-state index in [9.17, 15) is 4.39 Å². The molecular weight excluding hydrogens is 289 g/mol. The SMILES string of the molecule is CN1C2CCC1CN(C(CN)c1ccc(Cl)cc1F)CC2. The Labute approximate surface area is 130 Å². The van der Waals surface area contributed by atoms with Crippen LogP contribution in [-0.2, 0) is 0 Å². The number of nitrogens with zero attached hydrogens (tertiary/aromatic N) is 2. The Balaban J connectivity index is 1.83. The smallest absolute Gasteiger partial charge is 0.129 e. The van der Waals surface area contributed by atoms with Gasteiger partial charge >= 0.3 is 0 Å². The van der Waals surface area contributed by atoms with Crippen LogP contribution in [0, 0.1) is 5.82 Å². The fraction of sp³-hybridized carbons (Fsp3) is 0.625. The number of likely N-dealkylation sites (N-methyl/N-ethyl adjacent to an activating group) is 1. The minimum absolute atomic E-state index is 0.0602. The molecule has 3 nitrogen and oxygen atoms in total. The molecule has 2 saturated heterocycles. The zero-order valence-electron chi connectivity index (χ0n) is 12.4. The Morgan fingerprint density at radius 1 is 1.33 bits per heavy atom. The third-order valence-electron chi connectivity index (χ3n) is 5.17. The minimum atomic E-state index is -0.249. The van der Waals surface area contributed by atoms with Crippen molar-refractivity contribution in [2.24, 2.45) is 5.73 Å². The predicted octanol–water partition coefficient (Wildman–Crippen LogP) is 2.65. The van der Waals surface area contributed by atoms with Crippen LogP contribution in [0.3, 0.4) is 0 Å². The summed E-state index contributed by atoms with van der Waals surface area (Å²) in [6.45, 7) is 2.38. The molecule has 0 radical (unpaired) electrons. The van der Waals surface area contributed by atoms with E-state index in [1.165, 1.54) is 18.9 Å². The number of hydrogen-bond acceptors (Lipinski definition) is 3. The Bertz CT molecular complexity index is 510. The van der Waals surface area contributed by atoms with Gasteiger partial charge in [0.1, 0.15) is 5.82 Å². The number of hydrogen-bond donors (Lipinski definition) is 1. The first-order chi connectivity index (χ1) is 10.1. The predicted molar refractivity (Wildman–Crippen MR) is 84.0 cm³/mol. The van der Waals surface area contributed by atoms with Gasteiger partial charge in [-0.2, -0.15) is 0 Å². The van der Waals surface area contributed by atoms with Crippen LogP contribution < -0.4 is 5.73 Å². The van der Waals surface area contributed by atoms with Gasteiger partial charge in [-0.05, 0) is 38.4 Å². The zero-order chi connectivity index (χ0) is 15.0. The highest BCUT2D eigenvalue weighted by molar-refractivity contribution is 6.30. The summed E-state index contributed by atoms with van der Waals surface area (Å²) in [4.78, 5) is 4.85. The fourth-order valence-corrected chi connectivity index (χ4v) is 4.02. The van der Waals surface area contributed by atoms with Gasteiger partial charge in [0.25, 0.3) is 0 Å². The van der Waals surface area contributed by atoms with Crippen molar-refractivity contribution in [2.75, 3.05) is 26.7 Å². The summed E-state index contributed by atoms with van der Waals surface area (Å²) >= 11 is 5.86. The van der Waals surface area contributed by atoms with Crippen LogP contribution in [0.15, 0.2) is 18.2 Å². The van der Waals surface area contributed by atoms with Crippen LogP contribution in [0.2, 0.25) is 5.02 Å². The van der Waals surface area contributed by atoms with Gasteiger partial charge in [0.2, 0.25) is 0 Å². The van der Waals surface area contributed by atoms with E-state index in [-0.39, 0.29) is 11.9 Å². The lowest BCUT2D eigenvalue weighted by molar-refractivity contribution is 0.172. The van der Waals surface area contributed by atoms with Crippen molar-refractivity contribution in [3.8, 4) is 0 Å². The van der Waals surface area contributed by atoms with Crippen LogP contribution in [0.5, 0.6) is 0 Å². The van der Waals surface area contributed by atoms with Crippen molar-refractivity contribution in [3.63, 3.8) is 0 Å². The molecule has 2 aliphatic heterocycles. The van der Waals surface area contributed by atoms with Crippen LogP contribution in [0.25, 0.3) is 0 Å². The fourth-order valence-electron chi connectivity index (χ4n) is 3.86. The van der Waals surface area contributed by atoms with Crippen LogP contribution >= 0.6 is 11.6 Å². The molecule has 0 saturated carbocycles. The van der Waals surface area contributed by atoms with Gasteiger partial charge in [-0.15, -0.1) is 0 Å². The molecule has 2 bridgehead atoms. The average Bonchev–Trinajstić information content (AvgIpc) is 2.68. The molecule has 2 heterocycles. The normalized spacial score (nSPS) is 28.6.